The summed E-state index contributed by atoms with van der Waals surface area (Å²) in [5.41, 5.74) is 0.475. The van der Waals surface area contributed by atoms with E-state index in [0.717, 1.165) is 17.6 Å². The number of aliphatic carboxylic acids is 1. The first kappa shape index (κ1) is 15.6. The number of carbonyl (C=O) groups excluding carboxylic acids is 1. The molecule has 1 atom stereocenters. The number of hydrogen-bond acceptors (Lipinski definition) is 3. The Morgan fingerprint density at radius 2 is 2.24 bits per heavy atom. The Labute approximate surface area is 126 Å². The lowest BCUT2D eigenvalue weighted by atomic mass is 10.1. The maximum atomic E-state index is 13.9. The van der Waals surface area contributed by atoms with E-state index in [1.807, 2.05) is 6.92 Å². The minimum Gasteiger partial charge on any atom is -0.478 e. The summed E-state index contributed by atoms with van der Waals surface area (Å²) in [5, 5.41) is 8.61. The maximum Gasteiger partial charge on any atom is 0.328 e. The fourth-order valence-electron chi connectivity index (χ4n) is 2.16. The van der Waals surface area contributed by atoms with Crippen molar-refractivity contribution in [3.05, 3.63) is 41.2 Å². The molecule has 1 N–H and O–H groups in total. The summed E-state index contributed by atoms with van der Waals surface area (Å²) in [5.74, 6) is -0.333. The third-order valence-electron chi connectivity index (χ3n) is 3.27. The summed E-state index contributed by atoms with van der Waals surface area (Å²) in [4.78, 5) is 24.6. The van der Waals surface area contributed by atoms with Crippen molar-refractivity contribution in [3.63, 3.8) is 0 Å². The fourth-order valence-corrected chi connectivity index (χ4v) is 3.18. The Morgan fingerprint density at radius 3 is 2.90 bits per heavy atom. The van der Waals surface area contributed by atoms with Crippen molar-refractivity contribution in [2.45, 2.75) is 13.0 Å². The molecule has 6 heteroatoms. The second-order valence-electron chi connectivity index (χ2n) is 4.83. The number of rotatable bonds is 3. The van der Waals surface area contributed by atoms with Crippen molar-refractivity contribution < 1.29 is 19.1 Å². The van der Waals surface area contributed by atoms with Crippen LogP contribution in [0.25, 0.3) is 6.08 Å². The number of carbonyl (C=O) groups is 2. The second-order valence-corrected chi connectivity index (χ2v) is 5.98. The molecule has 1 aliphatic heterocycles. The van der Waals surface area contributed by atoms with E-state index < -0.39 is 11.8 Å². The Balaban J connectivity index is 2.27. The molecule has 112 valence electrons. The highest BCUT2D eigenvalue weighted by Gasteiger charge is 2.26. The lowest BCUT2D eigenvalue weighted by Gasteiger charge is -2.33. The SMILES string of the molecule is CC1CSCCN1C(=O)c1cc(C=CC(=O)O)ccc1F. The number of benzene rings is 1. The summed E-state index contributed by atoms with van der Waals surface area (Å²) in [6, 6.07) is 4.10. The summed E-state index contributed by atoms with van der Waals surface area (Å²) in [6.07, 6.45) is 2.30. The minimum atomic E-state index is -1.09. The molecule has 0 saturated carbocycles. The van der Waals surface area contributed by atoms with Gasteiger partial charge in [0, 0.05) is 30.2 Å². The van der Waals surface area contributed by atoms with Gasteiger partial charge in [0.25, 0.3) is 5.91 Å². The quantitative estimate of drug-likeness (QED) is 0.872. The van der Waals surface area contributed by atoms with Crippen molar-refractivity contribution in [1.82, 2.24) is 4.90 Å². The van der Waals surface area contributed by atoms with Crippen LogP contribution in [-0.4, -0.2) is 46.0 Å². The van der Waals surface area contributed by atoms with E-state index in [9.17, 15) is 14.0 Å². The third kappa shape index (κ3) is 3.85. The molecular formula is C15H16FNO3S. The van der Waals surface area contributed by atoms with Crippen molar-refractivity contribution in [2.24, 2.45) is 0 Å². The summed E-state index contributed by atoms with van der Waals surface area (Å²) in [7, 11) is 0. The smallest absolute Gasteiger partial charge is 0.328 e. The van der Waals surface area contributed by atoms with E-state index >= 15 is 0 Å². The van der Waals surface area contributed by atoms with Crippen LogP contribution in [-0.2, 0) is 4.79 Å². The van der Waals surface area contributed by atoms with Gasteiger partial charge in [-0.05, 0) is 30.7 Å². The molecule has 0 spiro atoms. The summed E-state index contributed by atoms with van der Waals surface area (Å²) in [6.45, 7) is 2.54. The number of nitrogens with zero attached hydrogens (tertiary/aromatic N) is 1. The van der Waals surface area contributed by atoms with Crippen molar-refractivity contribution in [3.8, 4) is 0 Å². The van der Waals surface area contributed by atoms with Gasteiger partial charge < -0.3 is 10.0 Å². The lowest BCUT2D eigenvalue weighted by molar-refractivity contribution is -0.131. The third-order valence-corrected chi connectivity index (χ3v) is 4.46. The van der Waals surface area contributed by atoms with E-state index in [1.54, 1.807) is 16.7 Å². The Hall–Kier alpha value is -1.82. The monoisotopic (exact) mass is 309 g/mol. The molecule has 1 aliphatic rings. The first-order valence-electron chi connectivity index (χ1n) is 6.58. The van der Waals surface area contributed by atoms with Gasteiger partial charge in [-0.15, -0.1) is 0 Å². The Bertz CT molecular complexity index is 588. The van der Waals surface area contributed by atoms with Crippen LogP contribution in [0.1, 0.15) is 22.8 Å². The zero-order valence-corrected chi connectivity index (χ0v) is 12.4. The molecule has 1 amide bonds. The molecule has 0 aromatic heterocycles. The van der Waals surface area contributed by atoms with E-state index in [1.165, 1.54) is 24.3 Å². The van der Waals surface area contributed by atoms with Crippen molar-refractivity contribution in [2.75, 3.05) is 18.1 Å². The van der Waals surface area contributed by atoms with Gasteiger partial charge in [-0.2, -0.15) is 11.8 Å². The number of carboxylic acids is 1. The summed E-state index contributed by atoms with van der Waals surface area (Å²) >= 11 is 1.77. The molecule has 0 bridgehead atoms. The van der Waals surface area contributed by atoms with E-state index in [-0.39, 0.29) is 17.5 Å². The van der Waals surface area contributed by atoms with Gasteiger partial charge in [-0.3, -0.25) is 4.79 Å². The molecule has 0 aliphatic carbocycles. The molecule has 1 heterocycles. The normalized spacial score (nSPS) is 19.0. The van der Waals surface area contributed by atoms with Gasteiger partial charge in [0.1, 0.15) is 5.82 Å². The van der Waals surface area contributed by atoms with Crippen LogP contribution in [0.4, 0.5) is 4.39 Å². The van der Waals surface area contributed by atoms with Gasteiger partial charge in [0.15, 0.2) is 0 Å². The fraction of sp³-hybridized carbons (Fsp3) is 0.333. The van der Waals surface area contributed by atoms with Crippen molar-refractivity contribution in [1.29, 1.82) is 0 Å². The molecule has 1 fully saturated rings. The first-order chi connectivity index (χ1) is 9.99. The molecule has 1 aromatic rings. The van der Waals surface area contributed by atoms with Crippen LogP contribution in [0.5, 0.6) is 0 Å². The standard InChI is InChI=1S/C15H16FNO3S/c1-10-9-21-7-6-17(10)15(20)12-8-11(2-4-13(12)16)3-5-14(18)19/h2-5,8,10H,6-7,9H2,1H3,(H,18,19). The van der Waals surface area contributed by atoms with Gasteiger partial charge >= 0.3 is 5.97 Å². The average Bonchev–Trinajstić information content (AvgIpc) is 2.46. The van der Waals surface area contributed by atoms with Gasteiger partial charge in [0.2, 0.25) is 0 Å². The largest absolute Gasteiger partial charge is 0.478 e. The number of hydrogen-bond donors (Lipinski definition) is 1. The van der Waals surface area contributed by atoms with E-state index in [2.05, 4.69) is 0 Å². The van der Waals surface area contributed by atoms with Crippen LogP contribution in [0.2, 0.25) is 0 Å². The Morgan fingerprint density at radius 1 is 1.48 bits per heavy atom. The molecule has 1 aromatic carbocycles. The Kier molecular flexibility index (Phi) is 5.01. The predicted octanol–water partition coefficient (Wildman–Crippen LogP) is 2.50. The summed E-state index contributed by atoms with van der Waals surface area (Å²) < 4.78 is 13.9. The molecule has 0 radical (unpaired) electrons. The van der Waals surface area contributed by atoms with Crippen LogP contribution in [0, 0.1) is 5.82 Å². The highest BCUT2D eigenvalue weighted by atomic mass is 32.2. The molecule has 1 unspecified atom stereocenters. The van der Waals surface area contributed by atoms with Gasteiger partial charge in [-0.1, -0.05) is 6.07 Å². The number of thioether (sulfide) groups is 1. The van der Waals surface area contributed by atoms with Crippen LogP contribution in [0.3, 0.4) is 0 Å². The first-order valence-corrected chi connectivity index (χ1v) is 7.74. The average molecular weight is 309 g/mol. The zero-order valence-electron chi connectivity index (χ0n) is 11.6. The number of halogens is 1. The van der Waals surface area contributed by atoms with Gasteiger partial charge in [-0.25, -0.2) is 9.18 Å². The van der Waals surface area contributed by atoms with Crippen LogP contribution < -0.4 is 0 Å². The minimum absolute atomic E-state index is 0.0127. The topological polar surface area (TPSA) is 57.6 Å². The highest BCUT2D eigenvalue weighted by Crippen LogP contribution is 2.21. The predicted molar refractivity (Wildman–Crippen MR) is 80.9 cm³/mol. The second kappa shape index (κ2) is 6.76. The molecule has 2 rings (SSSR count). The van der Waals surface area contributed by atoms with Crippen LogP contribution in [0.15, 0.2) is 24.3 Å². The molecule has 1 saturated heterocycles. The molecule has 4 nitrogen and oxygen atoms in total. The van der Waals surface area contributed by atoms with E-state index in [0.29, 0.717) is 12.1 Å². The molecule has 21 heavy (non-hydrogen) atoms. The zero-order chi connectivity index (χ0) is 15.4. The molecular weight excluding hydrogens is 293 g/mol. The van der Waals surface area contributed by atoms with E-state index in [4.69, 9.17) is 5.11 Å². The number of carboxylic acid groups (broad SMARTS) is 1. The van der Waals surface area contributed by atoms with Crippen molar-refractivity contribution >= 4 is 29.7 Å². The highest BCUT2D eigenvalue weighted by molar-refractivity contribution is 7.99. The number of amides is 1. The van der Waals surface area contributed by atoms with Crippen LogP contribution >= 0.6 is 11.8 Å². The maximum absolute atomic E-state index is 13.9. The van der Waals surface area contributed by atoms with Gasteiger partial charge in [0.05, 0.1) is 5.56 Å². The lowest BCUT2D eigenvalue weighted by Crippen LogP contribution is -2.44.